The molecule has 0 unspecified atom stereocenters. The summed E-state index contributed by atoms with van der Waals surface area (Å²) in [4.78, 5) is 30.9. The van der Waals surface area contributed by atoms with Crippen molar-refractivity contribution in [3.63, 3.8) is 0 Å². The summed E-state index contributed by atoms with van der Waals surface area (Å²) in [6.07, 6.45) is 7.13. The van der Waals surface area contributed by atoms with Gasteiger partial charge in [0.05, 0.1) is 5.71 Å². The summed E-state index contributed by atoms with van der Waals surface area (Å²) in [6.45, 7) is 5.39. The molecule has 0 amide bonds. The molecule has 0 spiro atoms. The zero-order valence-corrected chi connectivity index (χ0v) is 16.1. The Morgan fingerprint density at radius 3 is 2.69 bits per heavy atom. The monoisotopic (exact) mass is 360 g/mol. The van der Waals surface area contributed by atoms with Gasteiger partial charge in [-0.05, 0) is 61.7 Å². The highest BCUT2D eigenvalue weighted by atomic mass is 16.6. The van der Waals surface area contributed by atoms with Crippen molar-refractivity contribution in [2.24, 2.45) is 45.4 Å². The van der Waals surface area contributed by atoms with E-state index in [2.05, 4.69) is 19.0 Å². The number of fused-ring (bicyclic) bond motifs is 5. The van der Waals surface area contributed by atoms with Crippen molar-refractivity contribution in [2.45, 2.75) is 65.2 Å². The van der Waals surface area contributed by atoms with Crippen LogP contribution in [0.1, 0.15) is 65.2 Å². The maximum absolute atomic E-state index is 13.1. The second-order valence-electron chi connectivity index (χ2n) is 9.51. The predicted molar refractivity (Wildman–Crippen MR) is 99.6 cm³/mol. The number of carbonyl (C=O) groups excluding carboxylic acids is 2. The quantitative estimate of drug-likeness (QED) is 0.619. The summed E-state index contributed by atoms with van der Waals surface area (Å²) >= 11 is 0. The summed E-state index contributed by atoms with van der Waals surface area (Å²) in [7, 11) is 0. The number of carbonyl (C=O) groups is 2. The van der Waals surface area contributed by atoms with Crippen LogP contribution >= 0.6 is 0 Å². The smallest absolute Gasteiger partial charge is 0.139 e. The fourth-order valence-electron chi connectivity index (χ4n) is 6.89. The van der Waals surface area contributed by atoms with Crippen LogP contribution in [0.3, 0.4) is 0 Å². The molecule has 2 N–H and O–H groups in total. The van der Waals surface area contributed by atoms with Gasteiger partial charge < -0.3 is 10.6 Å². The lowest BCUT2D eigenvalue weighted by Crippen LogP contribution is -2.56. The molecular formula is C21H32N2O3. The van der Waals surface area contributed by atoms with E-state index in [1.54, 1.807) is 0 Å². The van der Waals surface area contributed by atoms with Crippen molar-refractivity contribution in [1.29, 1.82) is 0 Å². The first-order valence-corrected chi connectivity index (χ1v) is 10.3. The minimum absolute atomic E-state index is 0.0554. The van der Waals surface area contributed by atoms with Gasteiger partial charge in [-0.15, -0.1) is 0 Å². The Hall–Kier alpha value is -1.23. The lowest BCUT2D eigenvalue weighted by molar-refractivity contribution is -0.152. The van der Waals surface area contributed by atoms with E-state index in [9.17, 15) is 9.59 Å². The van der Waals surface area contributed by atoms with Gasteiger partial charge in [0.1, 0.15) is 18.2 Å². The van der Waals surface area contributed by atoms with Gasteiger partial charge in [0.2, 0.25) is 0 Å². The molecule has 4 rings (SSSR count). The van der Waals surface area contributed by atoms with E-state index >= 15 is 0 Å². The number of nitrogens with zero attached hydrogens (tertiary/aromatic N) is 1. The van der Waals surface area contributed by atoms with Crippen LogP contribution in [0, 0.1) is 34.5 Å². The van der Waals surface area contributed by atoms with Crippen molar-refractivity contribution in [3.05, 3.63) is 0 Å². The van der Waals surface area contributed by atoms with Crippen LogP contribution in [0.2, 0.25) is 0 Å². The Balaban J connectivity index is 1.57. The highest BCUT2D eigenvalue weighted by molar-refractivity contribution is 5.93. The number of oxime groups is 1. The molecule has 0 aliphatic heterocycles. The number of Topliss-reactive ketones (excluding diaryl/α,β-unsaturated/α-hetero) is 2. The molecule has 0 saturated heterocycles. The molecule has 4 aliphatic rings. The van der Waals surface area contributed by atoms with Crippen LogP contribution in [0.5, 0.6) is 0 Å². The first kappa shape index (κ1) is 18.1. The first-order valence-electron chi connectivity index (χ1n) is 10.3. The Bertz CT molecular complexity index is 645. The lowest BCUT2D eigenvalue weighted by Gasteiger charge is -2.58. The summed E-state index contributed by atoms with van der Waals surface area (Å²) in [5.74, 6) is 2.29. The van der Waals surface area contributed by atoms with Gasteiger partial charge in [-0.1, -0.05) is 19.0 Å². The molecule has 6 atom stereocenters. The first-order chi connectivity index (χ1) is 12.4. The summed E-state index contributed by atoms with van der Waals surface area (Å²) in [5, 5.41) is 4.25. The Morgan fingerprint density at radius 2 is 1.92 bits per heavy atom. The second-order valence-corrected chi connectivity index (χ2v) is 9.51. The molecule has 4 fully saturated rings. The third-order valence-corrected chi connectivity index (χ3v) is 8.41. The topological polar surface area (TPSA) is 81.8 Å². The van der Waals surface area contributed by atoms with Gasteiger partial charge in [-0.3, -0.25) is 9.59 Å². The average molecular weight is 360 g/mol. The fourth-order valence-corrected chi connectivity index (χ4v) is 6.89. The molecule has 0 bridgehead atoms. The van der Waals surface area contributed by atoms with Crippen LogP contribution in [0.25, 0.3) is 0 Å². The molecular weight excluding hydrogens is 328 g/mol. The van der Waals surface area contributed by atoms with E-state index in [-0.39, 0.29) is 16.7 Å². The summed E-state index contributed by atoms with van der Waals surface area (Å²) in [5.41, 5.74) is 6.37. The maximum Gasteiger partial charge on any atom is 0.139 e. The minimum atomic E-state index is -0.165. The van der Waals surface area contributed by atoms with E-state index in [1.165, 1.54) is 0 Å². The Kier molecular flexibility index (Phi) is 4.49. The average Bonchev–Trinajstić information content (AvgIpc) is 2.92. The molecule has 0 aromatic heterocycles. The SMILES string of the molecule is C[C@]12CCC(=NOCCN)C[C@@H]1C(=O)C[C@@H]1[C@@H]2CC[C@]2(C)C(=O)CC[C@@H]12. The summed E-state index contributed by atoms with van der Waals surface area (Å²) < 4.78 is 0. The lowest BCUT2D eigenvalue weighted by atomic mass is 9.45. The zero-order chi connectivity index (χ0) is 18.5. The minimum Gasteiger partial charge on any atom is -0.395 e. The predicted octanol–water partition coefficient (Wildman–Crippen LogP) is 3.11. The molecule has 4 aliphatic carbocycles. The normalized spacial score (nSPS) is 46.7. The number of hydrogen-bond donors (Lipinski definition) is 1. The van der Waals surface area contributed by atoms with Crippen LogP contribution in [-0.4, -0.2) is 30.4 Å². The van der Waals surface area contributed by atoms with Crippen LogP contribution in [0.4, 0.5) is 0 Å². The zero-order valence-electron chi connectivity index (χ0n) is 16.1. The Morgan fingerprint density at radius 1 is 1.12 bits per heavy atom. The number of hydrogen-bond acceptors (Lipinski definition) is 5. The van der Waals surface area contributed by atoms with E-state index < -0.39 is 0 Å². The van der Waals surface area contributed by atoms with E-state index in [0.29, 0.717) is 55.3 Å². The third-order valence-electron chi connectivity index (χ3n) is 8.41. The highest BCUT2D eigenvalue weighted by Gasteiger charge is 2.62. The van der Waals surface area contributed by atoms with Crippen molar-refractivity contribution in [3.8, 4) is 0 Å². The van der Waals surface area contributed by atoms with Crippen molar-refractivity contribution in [2.75, 3.05) is 13.2 Å². The molecule has 4 saturated carbocycles. The number of nitrogens with two attached hydrogens (primary N) is 1. The largest absolute Gasteiger partial charge is 0.395 e. The maximum atomic E-state index is 13.1. The van der Waals surface area contributed by atoms with Crippen molar-refractivity contribution >= 4 is 17.3 Å². The second kappa shape index (κ2) is 6.43. The van der Waals surface area contributed by atoms with Gasteiger partial charge in [-0.25, -0.2) is 0 Å². The molecule has 26 heavy (non-hydrogen) atoms. The van der Waals surface area contributed by atoms with E-state index in [4.69, 9.17) is 10.6 Å². The van der Waals surface area contributed by atoms with Gasteiger partial charge in [0, 0.05) is 30.7 Å². The van der Waals surface area contributed by atoms with Gasteiger partial charge in [0.15, 0.2) is 0 Å². The molecule has 144 valence electrons. The van der Waals surface area contributed by atoms with Gasteiger partial charge >= 0.3 is 0 Å². The third kappa shape index (κ3) is 2.57. The molecule has 0 aromatic carbocycles. The molecule has 5 nitrogen and oxygen atoms in total. The molecule has 0 aromatic rings. The van der Waals surface area contributed by atoms with Crippen molar-refractivity contribution in [1.82, 2.24) is 0 Å². The Labute approximate surface area is 156 Å². The van der Waals surface area contributed by atoms with Crippen LogP contribution in [0.15, 0.2) is 5.16 Å². The van der Waals surface area contributed by atoms with Crippen LogP contribution in [-0.2, 0) is 14.4 Å². The van der Waals surface area contributed by atoms with Crippen LogP contribution < -0.4 is 5.73 Å². The van der Waals surface area contributed by atoms with Crippen molar-refractivity contribution < 1.29 is 14.4 Å². The standard InChI is InChI=1S/C21H32N2O3/c1-20-7-5-13(23-26-10-9-22)11-17(20)18(24)12-14-15-3-4-19(25)21(15,2)8-6-16(14)20/h14-17H,3-12,22H2,1-2H3/t14-,15-,16-,17+,20+,21-/m0/s1. The van der Waals surface area contributed by atoms with Gasteiger partial charge in [0.25, 0.3) is 0 Å². The molecule has 5 heteroatoms. The van der Waals surface area contributed by atoms with E-state index in [1.807, 2.05) is 0 Å². The molecule has 0 heterocycles. The highest BCUT2D eigenvalue weighted by Crippen LogP contribution is 2.64. The fraction of sp³-hybridized carbons (Fsp3) is 0.857. The molecule has 0 radical (unpaired) electrons. The summed E-state index contributed by atoms with van der Waals surface area (Å²) in [6, 6.07) is 0. The number of rotatable bonds is 3. The number of ketones is 2. The van der Waals surface area contributed by atoms with Gasteiger partial charge in [-0.2, -0.15) is 0 Å². The van der Waals surface area contributed by atoms with E-state index in [0.717, 1.165) is 44.2 Å².